The van der Waals surface area contributed by atoms with E-state index in [0.29, 0.717) is 0 Å². The summed E-state index contributed by atoms with van der Waals surface area (Å²) in [6.45, 7) is -1.00. The Kier molecular flexibility index (Phi) is 5.41. The Balaban J connectivity index is 2.84. The van der Waals surface area contributed by atoms with Gasteiger partial charge in [-0.2, -0.15) is 16.8 Å². The molecule has 1 saturated heterocycles. The van der Waals surface area contributed by atoms with Crippen LogP contribution >= 0.6 is 0 Å². The van der Waals surface area contributed by atoms with Gasteiger partial charge in [-0.25, -0.2) is 8.37 Å². The molecule has 0 spiro atoms. The molecule has 0 aromatic rings. The lowest BCUT2D eigenvalue weighted by atomic mass is 9.99. The Hall–Kier alpha value is -0.420. The van der Waals surface area contributed by atoms with Crippen LogP contribution in [0.4, 0.5) is 0 Å². The molecule has 5 N–H and O–H groups in total. The monoisotopic (exact) mass is 340 g/mol. The maximum absolute atomic E-state index is 10.5. The lowest BCUT2D eigenvalue weighted by Crippen LogP contribution is -2.60. The molecule has 0 unspecified atom stereocenters. The fraction of sp³-hybridized carbons (Fsp3) is 1.00. The lowest BCUT2D eigenvalue weighted by molar-refractivity contribution is -0.280. The van der Waals surface area contributed by atoms with Crippen LogP contribution in [0.5, 0.6) is 0 Å². The molecule has 14 heteroatoms. The van der Waals surface area contributed by atoms with Gasteiger partial charge in [0.15, 0.2) is 6.29 Å². The predicted molar refractivity (Wildman–Crippen MR) is 56.8 cm³/mol. The summed E-state index contributed by atoms with van der Waals surface area (Å²) >= 11 is 0. The van der Waals surface area contributed by atoms with E-state index in [4.69, 9.17) is 9.11 Å². The molecule has 0 aromatic carbocycles. The molecule has 1 heterocycles. The molecule has 0 aromatic heterocycles. The Bertz CT molecular complexity index is 524. The molecule has 0 saturated carbocycles. The molecule has 1 aliphatic heterocycles. The second-order valence-electron chi connectivity index (χ2n) is 3.75. The Labute approximate surface area is 113 Å². The second kappa shape index (κ2) is 6.14. The maximum Gasteiger partial charge on any atom is 0.397 e. The first-order chi connectivity index (χ1) is 8.91. The summed E-state index contributed by atoms with van der Waals surface area (Å²) < 4.78 is 71.0. The van der Waals surface area contributed by atoms with Gasteiger partial charge in [0, 0.05) is 0 Å². The molecule has 1 fully saturated rings. The minimum atomic E-state index is -5.07. The molecule has 20 heavy (non-hydrogen) atoms. The van der Waals surface area contributed by atoms with Crippen molar-refractivity contribution in [3.05, 3.63) is 0 Å². The van der Waals surface area contributed by atoms with Crippen molar-refractivity contribution in [2.24, 2.45) is 0 Å². The van der Waals surface area contributed by atoms with Crippen LogP contribution in [0.3, 0.4) is 0 Å². The minimum absolute atomic E-state index is 1.00. The smallest absolute Gasteiger partial charge is 0.387 e. The third-order valence-corrected chi connectivity index (χ3v) is 3.17. The largest absolute Gasteiger partial charge is 0.397 e. The summed E-state index contributed by atoms with van der Waals surface area (Å²) in [5, 5.41) is 28.3. The number of aliphatic hydroxyl groups excluding tert-OH is 3. The summed E-state index contributed by atoms with van der Waals surface area (Å²) in [7, 11) is -9.95. The van der Waals surface area contributed by atoms with E-state index >= 15 is 0 Å². The van der Waals surface area contributed by atoms with Crippen molar-refractivity contribution in [1.82, 2.24) is 0 Å². The summed E-state index contributed by atoms with van der Waals surface area (Å²) in [6, 6.07) is 0. The van der Waals surface area contributed by atoms with Gasteiger partial charge in [-0.15, -0.1) is 0 Å². The fourth-order valence-electron chi connectivity index (χ4n) is 1.46. The van der Waals surface area contributed by atoms with E-state index in [9.17, 15) is 32.2 Å². The van der Waals surface area contributed by atoms with Crippen molar-refractivity contribution in [2.75, 3.05) is 6.61 Å². The third-order valence-electron chi connectivity index (χ3n) is 2.27. The number of aliphatic hydroxyl groups is 3. The van der Waals surface area contributed by atoms with Gasteiger partial charge in [0.2, 0.25) is 0 Å². The van der Waals surface area contributed by atoms with Crippen LogP contribution in [0.15, 0.2) is 0 Å². The molecule has 1 rings (SSSR count). The molecule has 0 aliphatic carbocycles. The SMILES string of the molecule is O=S(=O)(O)OC[C@H]1O[C@H](O)[C@H](O)[C@@H](OS(=O)(=O)O)[C@@H]1O. The van der Waals surface area contributed by atoms with Crippen molar-refractivity contribution in [2.45, 2.75) is 30.7 Å². The summed E-state index contributed by atoms with van der Waals surface area (Å²) in [6.07, 6.45) is -9.79. The van der Waals surface area contributed by atoms with Gasteiger partial charge in [0.25, 0.3) is 0 Å². The second-order valence-corrected chi connectivity index (χ2v) is 5.89. The zero-order valence-corrected chi connectivity index (χ0v) is 11.1. The summed E-state index contributed by atoms with van der Waals surface area (Å²) in [5.41, 5.74) is 0. The highest BCUT2D eigenvalue weighted by Crippen LogP contribution is 2.24. The molecule has 1 aliphatic rings. The third kappa shape index (κ3) is 5.17. The van der Waals surface area contributed by atoms with Gasteiger partial charge in [0.05, 0.1) is 6.61 Å². The zero-order chi connectivity index (χ0) is 15.7. The van der Waals surface area contributed by atoms with E-state index < -0.39 is 58.1 Å². The topological polar surface area (TPSA) is 197 Å². The molecular weight excluding hydrogens is 328 g/mol. The average molecular weight is 340 g/mol. The standard InChI is InChI=1S/C6H12O12S2/c7-3-2(1-16-19(10,11)12)17-6(9)4(8)5(3)18-20(13,14)15/h2-9H,1H2,(H,10,11,12)(H,13,14,15)/t2-,3-,4-,5+,6+/m1/s1. The highest BCUT2D eigenvalue weighted by molar-refractivity contribution is 7.81. The summed E-state index contributed by atoms with van der Waals surface area (Å²) in [5.74, 6) is 0. The molecule has 0 amide bonds. The van der Waals surface area contributed by atoms with Crippen molar-refractivity contribution in [1.29, 1.82) is 0 Å². The van der Waals surface area contributed by atoms with Crippen LogP contribution in [0, 0.1) is 0 Å². The number of hydrogen-bond acceptors (Lipinski definition) is 10. The van der Waals surface area contributed by atoms with Crippen LogP contribution in [0.25, 0.3) is 0 Å². The number of ether oxygens (including phenoxy) is 1. The van der Waals surface area contributed by atoms with E-state index in [1.165, 1.54) is 0 Å². The van der Waals surface area contributed by atoms with Gasteiger partial charge in [-0.05, 0) is 0 Å². The van der Waals surface area contributed by atoms with E-state index in [1.54, 1.807) is 0 Å². The van der Waals surface area contributed by atoms with Crippen molar-refractivity contribution >= 4 is 20.8 Å². The quantitative estimate of drug-likeness (QED) is 0.309. The zero-order valence-electron chi connectivity index (χ0n) is 9.50. The van der Waals surface area contributed by atoms with Crippen LogP contribution in [-0.4, -0.2) is 78.6 Å². The maximum atomic E-state index is 10.5. The summed E-state index contributed by atoms with van der Waals surface area (Å²) in [4.78, 5) is 0. The first-order valence-electron chi connectivity index (χ1n) is 4.88. The van der Waals surface area contributed by atoms with E-state index in [1.807, 2.05) is 0 Å². The van der Waals surface area contributed by atoms with Gasteiger partial charge in [0.1, 0.15) is 24.4 Å². The molecule has 12 nitrogen and oxygen atoms in total. The number of rotatable bonds is 5. The van der Waals surface area contributed by atoms with Crippen LogP contribution < -0.4 is 0 Å². The van der Waals surface area contributed by atoms with Gasteiger partial charge in [-0.3, -0.25) is 9.11 Å². The van der Waals surface area contributed by atoms with Crippen LogP contribution in [-0.2, 0) is 33.9 Å². The molecule has 0 radical (unpaired) electrons. The minimum Gasteiger partial charge on any atom is -0.387 e. The van der Waals surface area contributed by atoms with Gasteiger partial charge >= 0.3 is 20.8 Å². The van der Waals surface area contributed by atoms with Crippen molar-refractivity contribution in [3.8, 4) is 0 Å². The molecule has 120 valence electrons. The van der Waals surface area contributed by atoms with Crippen molar-refractivity contribution < 1.29 is 54.4 Å². The number of hydrogen-bond donors (Lipinski definition) is 5. The van der Waals surface area contributed by atoms with E-state index in [-0.39, 0.29) is 0 Å². The van der Waals surface area contributed by atoms with Crippen LogP contribution in [0.1, 0.15) is 0 Å². The average Bonchev–Trinajstić information content (AvgIpc) is 2.25. The lowest BCUT2D eigenvalue weighted by Gasteiger charge is -2.39. The Morgan fingerprint density at radius 3 is 1.95 bits per heavy atom. The highest BCUT2D eigenvalue weighted by atomic mass is 32.3. The van der Waals surface area contributed by atoms with Gasteiger partial charge in [-0.1, -0.05) is 0 Å². The first-order valence-corrected chi connectivity index (χ1v) is 7.61. The molecule has 5 atom stereocenters. The normalized spacial score (nSPS) is 36.0. The predicted octanol–water partition coefficient (Wildman–Crippen LogP) is -3.57. The fourth-order valence-corrected chi connectivity index (χ4v) is 2.28. The van der Waals surface area contributed by atoms with Crippen molar-refractivity contribution in [3.63, 3.8) is 0 Å². The Morgan fingerprint density at radius 1 is 0.950 bits per heavy atom. The molecular formula is C6H12O12S2. The van der Waals surface area contributed by atoms with Gasteiger partial charge < -0.3 is 20.1 Å². The molecule has 0 bridgehead atoms. The first kappa shape index (κ1) is 17.6. The van der Waals surface area contributed by atoms with Crippen LogP contribution in [0.2, 0.25) is 0 Å². The van der Waals surface area contributed by atoms with E-state index in [2.05, 4.69) is 13.1 Å². The van der Waals surface area contributed by atoms with E-state index in [0.717, 1.165) is 0 Å². The Morgan fingerprint density at radius 2 is 1.50 bits per heavy atom. The highest BCUT2D eigenvalue weighted by Gasteiger charge is 2.47.